The number of hydrogen-bond acceptors (Lipinski definition) is 2. The monoisotopic (exact) mass is 207 g/mol. The first kappa shape index (κ1) is 9.28. The van der Waals surface area contributed by atoms with E-state index in [1.807, 2.05) is 31.2 Å². The number of benzene rings is 1. The second-order valence-electron chi connectivity index (χ2n) is 3.17. The van der Waals surface area contributed by atoms with Crippen LogP contribution < -0.4 is 0 Å². The van der Waals surface area contributed by atoms with Crippen LogP contribution in [0.3, 0.4) is 0 Å². The second kappa shape index (κ2) is 3.84. The van der Waals surface area contributed by atoms with Crippen LogP contribution in [0.5, 0.6) is 0 Å². The van der Waals surface area contributed by atoms with Crippen LogP contribution in [0.2, 0.25) is 5.02 Å². The Balaban J connectivity index is 2.18. The number of halogens is 1. The summed E-state index contributed by atoms with van der Waals surface area (Å²) in [5.74, 6) is 1.56. The highest BCUT2D eigenvalue weighted by atomic mass is 35.5. The van der Waals surface area contributed by atoms with Gasteiger partial charge in [-0.25, -0.2) is 4.98 Å². The van der Waals surface area contributed by atoms with Gasteiger partial charge in [0.15, 0.2) is 5.89 Å². The number of nitrogens with zero attached hydrogens (tertiary/aromatic N) is 1. The summed E-state index contributed by atoms with van der Waals surface area (Å²) in [6.07, 6.45) is 2.41. The Morgan fingerprint density at radius 2 is 2.29 bits per heavy atom. The molecule has 2 aromatic rings. The van der Waals surface area contributed by atoms with Gasteiger partial charge < -0.3 is 4.42 Å². The van der Waals surface area contributed by atoms with E-state index in [1.54, 1.807) is 6.20 Å². The molecule has 0 aliphatic heterocycles. The first-order valence-electron chi connectivity index (χ1n) is 4.40. The van der Waals surface area contributed by atoms with Gasteiger partial charge in [0.1, 0.15) is 5.76 Å². The van der Waals surface area contributed by atoms with Gasteiger partial charge in [0.05, 0.1) is 6.20 Å². The minimum atomic E-state index is 0.689. The second-order valence-corrected chi connectivity index (χ2v) is 3.61. The topological polar surface area (TPSA) is 26.0 Å². The fourth-order valence-corrected chi connectivity index (χ4v) is 1.52. The lowest BCUT2D eigenvalue weighted by Crippen LogP contribution is -1.87. The summed E-state index contributed by atoms with van der Waals surface area (Å²) in [6, 6.07) is 7.70. The van der Waals surface area contributed by atoms with E-state index in [4.69, 9.17) is 16.0 Å². The predicted octanol–water partition coefficient (Wildman–Crippen LogP) is 3.23. The lowest BCUT2D eigenvalue weighted by atomic mass is 10.1. The summed E-state index contributed by atoms with van der Waals surface area (Å²) >= 11 is 5.87. The van der Waals surface area contributed by atoms with Crippen LogP contribution in [-0.4, -0.2) is 4.98 Å². The van der Waals surface area contributed by atoms with E-state index >= 15 is 0 Å². The lowest BCUT2D eigenvalue weighted by molar-refractivity contribution is 0.481. The first-order chi connectivity index (χ1) is 6.74. The number of hydrogen-bond donors (Lipinski definition) is 0. The molecule has 2 rings (SSSR count). The molecule has 0 N–H and O–H groups in total. The highest BCUT2D eigenvalue weighted by molar-refractivity contribution is 6.30. The fraction of sp³-hybridized carbons (Fsp3) is 0.182. The van der Waals surface area contributed by atoms with Crippen molar-refractivity contribution in [2.24, 2.45) is 0 Å². The highest BCUT2D eigenvalue weighted by Crippen LogP contribution is 2.14. The molecule has 0 saturated heterocycles. The van der Waals surface area contributed by atoms with Gasteiger partial charge in [-0.3, -0.25) is 0 Å². The summed E-state index contributed by atoms with van der Waals surface area (Å²) in [7, 11) is 0. The molecule has 0 unspecified atom stereocenters. The molecule has 0 aliphatic rings. The molecule has 0 aliphatic carbocycles. The van der Waals surface area contributed by atoms with Gasteiger partial charge in [-0.15, -0.1) is 0 Å². The van der Waals surface area contributed by atoms with Crippen LogP contribution in [0.1, 0.15) is 17.2 Å². The summed E-state index contributed by atoms with van der Waals surface area (Å²) in [4.78, 5) is 4.13. The summed E-state index contributed by atoms with van der Waals surface area (Å²) in [6.45, 7) is 1.88. The van der Waals surface area contributed by atoms with Gasteiger partial charge in [-0.05, 0) is 24.6 Å². The Hall–Kier alpha value is -1.28. The Morgan fingerprint density at radius 1 is 1.43 bits per heavy atom. The van der Waals surface area contributed by atoms with Crippen LogP contribution in [0.15, 0.2) is 34.9 Å². The van der Waals surface area contributed by atoms with Crippen molar-refractivity contribution < 1.29 is 4.42 Å². The largest absolute Gasteiger partial charge is 0.446 e. The Morgan fingerprint density at radius 3 is 2.93 bits per heavy atom. The molecule has 2 nitrogen and oxygen atoms in total. The smallest absolute Gasteiger partial charge is 0.198 e. The quantitative estimate of drug-likeness (QED) is 0.756. The van der Waals surface area contributed by atoms with Crippen LogP contribution in [0.4, 0.5) is 0 Å². The minimum Gasteiger partial charge on any atom is -0.446 e. The highest BCUT2D eigenvalue weighted by Gasteiger charge is 2.02. The molecule has 1 heterocycles. The predicted molar refractivity (Wildman–Crippen MR) is 55.5 cm³/mol. The molecule has 14 heavy (non-hydrogen) atoms. The van der Waals surface area contributed by atoms with Crippen molar-refractivity contribution in [1.82, 2.24) is 4.98 Å². The van der Waals surface area contributed by atoms with Gasteiger partial charge >= 0.3 is 0 Å². The van der Waals surface area contributed by atoms with E-state index in [0.29, 0.717) is 6.42 Å². The van der Waals surface area contributed by atoms with Crippen molar-refractivity contribution in [3.63, 3.8) is 0 Å². The van der Waals surface area contributed by atoms with Crippen molar-refractivity contribution in [2.45, 2.75) is 13.3 Å². The molecule has 0 spiro atoms. The zero-order valence-electron chi connectivity index (χ0n) is 7.83. The average molecular weight is 208 g/mol. The Kier molecular flexibility index (Phi) is 2.55. The maximum Gasteiger partial charge on any atom is 0.198 e. The number of rotatable bonds is 2. The van der Waals surface area contributed by atoms with Crippen LogP contribution in [0, 0.1) is 6.92 Å². The molecule has 3 heteroatoms. The molecule has 1 aromatic carbocycles. The average Bonchev–Trinajstić information content (AvgIpc) is 2.51. The normalized spacial score (nSPS) is 10.4. The van der Waals surface area contributed by atoms with Crippen molar-refractivity contribution in [2.75, 3.05) is 0 Å². The molecule has 0 amide bonds. The van der Waals surface area contributed by atoms with Gasteiger partial charge in [-0.2, -0.15) is 0 Å². The fourth-order valence-electron chi connectivity index (χ4n) is 1.30. The SMILES string of the molecule is Cc1cnc(Cc2cccc(Cl)c2)o1. The molecule has 0 bridgehead atoms. The van der Waals surface area contributed by atoms with E-state index < -0.39 is 0 Å². The van der Waals surface area contributed by atoms with E-state index in [2.05, 4.69) is 4.98 Å². The van der Waals surface area contributed by atoms with Crippen LogP contribution in [-0.2, 0) is 6.42 Å². The van der Waals surface area contributed by atoms with Crippen LogP contribution in [0.25, 0.3) is 0 Å². The number of aryl methyl sites for hydroxylation is 1. The molecule has 0 radical (unpaired) electrons. The lowest BCUT2D eigenvalue weighted by Gasteiger charge is -1.97. The van der Waals surface area contributed by atoms with Crippen molar-refractivity contribution in [1.29, 1.82) is 0 Å². The summed E-state index contributed by atoms with van der Waals surface area (Å²) < 4.78 is 5.37. The van der Waals surface area contributed by atoms with Gasteiger partial charge in [0, 0.05) is 11.4 Å². The van der Waals surface area contributed by atoms with E-state index in [-0.39, 0.29) is 0 Å². The third-order valence-electron chi connectivity index (χ3n) is 1.91. The maximum atomic E-state index is 5.87. The summed E-state index contributed by atoms with van der Waals surface area (Å²) in [5, 5.41) is 0.741. The molecular weight excluding hydrogens is 198 g/mol. The third-order valence-corrected chi connectivity index (χ3v) is 2.15. The molecule has 1 aromatic heterocycles. The van der Waals surface area contributed by atoms with Crippen LogP contribution >= 0.6 is 11.6 Å². The molecule has 72 valence electrons. The van der Waals surface area contributed by atoms with E-state index in [1.165, 1.54) is 0 Å². The number of oxazole rings is 1. The van der Waals surface area contributed by atoms with Crippen molar-refractivity contribution >= 4 is 11.6 Å². The van der Waals surface area contributed by atoms with Crippen molar-refractivity contribution in [3.05, 3.63) is 52.7 Å². The van der Waals surface area contributed by atoms with Crippen molar-refractivity contribution in [3.8, 4) is 0 Å². The Labute approximate surface area is 87.5 Å². The number of aromatic nitrogens is 1. The zero-order chi connectivity index (χ0) is 9.97. The first-order valence-corrected chi connectivity index (χ1v) is 4.77. The van der Waals surface area contributed by atoms with Gasteiger partial charge in [0.25, 0.3) is 0 Å². The molecular formula is C11H10ClNO. The molecule has 0 saturated carbocycles. The summed E-state index contributed by atoms with van der Waals surface area (Å²) in [5.41, 5.74) is 1.11. The molecule has 0 atom stereocenters. The minimum absolute atomic E-state index is 0.689. The van der Waals surface area contributed by atoms with E-state index in [0.717, 1.165) is 22.2 Å². The maximum absolute atomic E-state index is 5.87. The molecule has 0 fully saturated rings. The Bertz CT molecular complexity index is 436. The standard InChI is InChI=1S/C11H10ClNO/c1-8-7-13-11(14-8)6-9-3-2-4-10(12)5-9/h2-5,7H,6H2,1H3. The third kappa shape index (κ3) is 2.15. The van der Waals surface area contributed by atoms with E-state index in [9.17, 15) is 0 Å². The van der Waals surface area contributed by atoms with Gasteiger partial charge in [0.2, 0.25) is 0 Å². The zero-order valence-corrected chi connectivity index (χ0v) is 8.58. The van der Waals surface area contributed by atoms with Gasteiger partial charge in [-0.1, -0.05) is 23.7 Å².